The topological polar surface area (TPSA) is 67.6 Å². The van der Waals surface area contributed by atoms with Gasteiger partial charge >= 0.3 is 0 Å². The number of sulfone groups is 1. The van der Waals surface area contributed by atoms with E-state index in [1.165, 1.54) is 16.7 Å². The Hall–Kier alpha value is -1.61. The van der Waals surface area contributed by atoms with Crippen molar-refractivity contribution in [3.8, 4) is 11.3 Å². The molecule has 1 aromatic carbocycles. The maximum atomic E-state index is 12.7. The molecule has 9 heteroatoms. The third kappa shape index (κ3) is 3.85. The second-order valence-electron chi connectivity index (χ2n) is 6.32. The van der Waals surface area contributed by atoms with Gasteiger partial charge in [-0.1, -0.05) is 35.6 Å². The Balaban J connectivity index is 1.56. The fraction of sp³-hybridized carbons (Fsp3) is 0.222. The maximum absolute atomic E-state index is 12.7. The van der Waals surface area contributed by atoms with Crippen molar-refractivity contribution < 1.29 is 17.6 Å². The largest absolute Gasteiger partial charge is 0.457 e. The normalized spacial score (nSPS) is 23.5. The van der Waals surface area contributed by atoms with Crippen LogP contribution in [0, 0.1) is 0 Å². The van der Waals surface area contributed by atoms with E-state index in [1.807, 2.05) is 18.2 Å². The molecular formula is C18H14ClNO4S3. The predicted octanol–water partition coefficient (Wildman–Crippen LogP) is 3.99. The highest BCUT2D eigenvalue weighted by atomic mass is 35.5. The summed E-state index contributed by atoms with van der Waals surface area (Å²) in [5.74, 6) is 0.983. The number of hydrogen-bond donors (Lipinski definition) is 0. The van der Waals surface area contributed by atoms with Gasteiger partial charge in [0.2, 0.25) is 0 Å². The van der Waals surface area contributed by atoms with Crippen molar-refractivity contribution >= 4 is 61.7 Å². The van der Waals surface area contributed by atoms with E-state index in [0.29, 0.717) is 32.2 Å². The molecule has 1 atom stereocenters. The fourth-order valence-electron chi connectivity index (χ4n) is 3.10. The summed E-state index contributed by atoms with van der Waals surface area (Å²) in [7, 11) is -3.10. The Morgan fingerprint density at radius 1 is 1.22 bits per heavy atom. The minimum absolute atomic E-state index is 0.0335. The third-order valence-electron chi connectivity index (χ3n) is 4.43. The van der Waals surface area contributed by atoms with Gasteiger partial charge in [0.25, 0.3) is 5.91 Å². The number of thioether (sulfide) groups is 1. The molecule has 27 heavy (non-hydrogen) atoms. The van der Waals surface area contributed by atoms with Crippen LogP contribution in [0.25, 0.3) is 17.4 Å². The highest BCUT2D eigenvalue weighted by Crippen LogP contribution is 2.37. The van der Waals surface area contributed by atoms with Crippen LogP contribution in [0.15, 0.2) is 45.7 Å². The molecule has 0 bridgehead atoms. The summed E-state index contributed by atoms with van der Waals surface area (Å²) in [4.78, 5) is 14.6. The van der Waals surface area contributed by atoms with Gasteiger partial charge < -0.3 is 4.42 Å². The number of benzene rings is 1. The third-order valence-corrected chi connectivity index (χ3v) is 7.76. The first kappa shape index (κ1) is 18.7. The standard InChI is InChI=1S/C18H14ClNO4S3/c19-12-3-1-11(2-4-12)15-6-5-14(24-15)9-16-17(21)20(18(25)26-16)13-7-8-27(22,23)10-13/h1-6,9,13H,7-8,10H2/b16-9+/t13-/m0/s1. The van der Waals surface area contributed by atoms with Gasteiger partial charge in [0.1, 0.15) is 15.8 Å². The van der Waals surface area contributed by atoms with Crippen molar-refractivity contribution in [1.82, 2.24) is 4.90 Å². The summed E-state index contributed by atoms with van der Waals surface area (Å²) in [6, 6.07) is 10.5. The van der Waals surface area contributed by atoms with Crippen molar-refractivity contribution in [3.05, 3.63) is 52.1 Å². The zero-order chi connectivity index (χ0) is 19.2. The molecular weight excluding hydrogens is 426 g/mol. The number of furan rings is 1. The monoisotopic (exact) mass is 439 g/mol. The number of carbonyl (C=O) groups is 1. The number of nitrogens with zero attached hydrogens (tertiary/aromatic N) is 1. The van der Waals surface area contributed by atoms with E-state index < -0.39 is 9.84 Å². The fourth-order valence-corrected chi connectivity index (χ4v) is 6.31. The van der Waals surface area contributed by atoms with E-state index in [9.17, 15) is 13.2 Å². The first-order chi connectivity index (χ1) is 12.8. The molecule has 0 radical (unpaired) electrons. The number of rotatable bonds is 3. The lowest BCUT2D eigenvalue weighted by molar-refractivity contribution is -0.123. The van der Waals surface area contributed by atoms with Crippen LogP contribution < -0.4 is 0 Å². The second-order valence-corrected chi connectivity index (χ2v) is 10.7. The van der Waals surface area contributed by atoms with E-state index in [4.69, 9.17) is 28.2 Å². The molecule has 2 fully saturated rings. The maximum Gasteiger partial charge on any atom is 0.266 e. The van der Waals surface area contributed by atoms with E-state index in [2.05, 4.69) is 0 Å². The molecule has 0 spiro atoms. The van der Waals surface area contributed by atoms with Gasteiger partial charge in [-0.15, -0.1) is 0 Å². The first-order valence-electron chi connectivity index (χ1n) is 8.16. The Morgan fingerprint density at radius 3 is 2.63 bits per heavy atom. The van der Waals surface area contributed by atoms with E-state index in [-0.39, 0.29) is 23.5 Å². The average molecular weight is 440 g/mol. The van der Waals surface area contributed by atoms with Crippen LogP contribution >= 0.6 is 35.6 Å². The molecule has 140 valence electrons. The molecule has 2 aliphatic rings. The lowest BCUT2D eigenvalue weighted by Gasteiger charge is -2.20. The number of thiocarbonyl (C=S) groups is 1. The molecule has 0 unspecified atom stereocenters. The number of hydrogen-bond acceptors (Lipinski definition) is 6. The van der Waals surface area contributed by atoms with Crippen molar-refractivity contribution in [2.75, 3.05) is 11.5 Å². The van der Waals surface area contributed by atoms with Gasteiger partial charge in [0, 0.05) is 16.7 Å². The molecule has 2 aromatic rings. The molecule has 2 aliphatic heterocycles. The van der Waals surface area contributed by atoms with E-state index in [1.54, 1.807) is 24.3 Å². The zero-order valence-corrected chi connectivity index (χ0v) is 17.1. The molecule has 2 saturated heterocycles. The van der Waals surface area contributed by atoms with Gasteiger partial charge in [-0.05, 0) is 42.8 Å². The summed E-state index contributed by atoms with van der Waals surface area (Å²) in [5.41, 5.74) is 0.878. The van der Waals surface area contributed by atoms with Gasteiger partial charge in [0.15, 0.2) is 9.84 Å². The van der Waals surface area contributed by atoms with Gasteiger partial charge in [-0.2, -0.15) is 0 Å². The van der Waals surface area contributed by atoms with Crippen LogP contribution in [0.2, 0.25) is 5.02 Å². The Labute approximate surface area is 171 Å². The van der Waals surface area contributed by atoms with Crippen molar-refractivity contribution in [3.63, 3.8) is 0 Å². The summed E-state index contributed by atoms with van der Waals surface area (Å²) in [6.07, 6.45) is 2.06. The molecule has 0 saturated carbocycles. The van der Waals surface area contributed by atoms with Crippen LogP contribution in [-0.4, -0.2) is 41.1 Å². The van der Waals surface area contributed by atoms with Crippen LogP contribution in [-0.2, 0) is 14.6 Å². The summed E-state index contributed by atoms with van der Waals surface area (Å²) < 4.78 is 29.6. The number of halogens is 1. The smallest absolute Gasteiger partial charge is 0.266 e. The van der Waals surface area contributed by atoms with Crippen LogP contribution in [0.5, 0.6) is 0 Å². The molecule has 1 amide bonds. The molecule has 0 N–H and O–H groups in total. The average Bonchev–Trinajstić information content (AvgIpc) is 3.28. The zero-order valence-electron chi connectivity index (χ0n) is 13.9. The quantitative estimate of drug-likeness (QED) is 0.532. The lowest BCUT2D eigenvalue weighted by atomic mass is 10.2. The van der Waals surface area contributed by atoms with Gasteiger partial charge in [0.05, 0.1) is 22.5 Å². The SMILES string of the molecule is O=C1/C(=C\c2ccc(-c3ccc(Cl)cc3)o2)SC(=S)N1[C@H]1CCS(=O)(=O)C1. The highest BCUT2D eigenvalue weighted by Gasteiger charge is 2.42. The summed E-state index contributed by atoms with van der Waals surface area (Å²) in [6.45, 7) is 0. The Bertz CT molecular complexity index is 1060. The second kappa shape index (κ2) is 7.09. The molecule has 4 rings (SSSR count). The van der Waals surface area contributed by atoms with Crippen LogP contribution in [0.3, 0.4) is 0 Å². The molecule has 0 aliphatic carbocycles. The minimum Gasteiger partial charge on any atom is -0.457 e. The summed E-state index contributed by atoms with van der Waals surface area (Å²) in [5, 5.41) is 0.642. The minimum atomic E-state index is -3.10. The van der Waals surface area contributed by atoms with Crippen LogP contribution in [0.1, 0.15) is 12.2 Å². The van der Waals surface area contributed by atoms with Crippen molar-refractivity contribution in [1.29, 1.82) is 0 Å². The predicted molar refractivity (Wildman–Crippen MR) is 111 cm³/mol. The number of carbonyl (C=O) groups excluding carboxylic acids is 1. The van der Waals surface area contributed by atoms with Crippen molar-refractivity contribution in [2.24, 2.45) is 0 Å². The molecule has 1 aromatic heterocycles. The number of amides is 1. The Kier molecular flexibility index (Phi) is 4.92. The first-order valence-corrected chi connectivity index (χ1v) is 11.6. The lowest BCUT2D eigenvalue weighted by Crippen LogP contribution is -2.39. The van der Waals surface area contributed by atoms with E-state index >= 15 is 0 Å². The van der Waals surface area contributed by atoms with Gasteiger partial charge in [-0.25, -0.2) is 8.42 Å². The molecule has 5 nitrogen and oxygen atoms in total. The van der Waals surface area contributed by atoms with Gasteiger partial charge in [-0.3, -0.25) is 9.69 Å². The van der Waals surface area contributed by atoms with Crippen molar-refractivity contribution in [2.45, 2.75) is 12.5 Å². The highest BCUT2D eigenvalue weighted by molar-refractivity contribution is 8.26. The Morgan fingerprint density at radius 2 is 1.96 bits per heavy atom. The molecule has 3 heterocycles. The van der Waals surface area contributed by atoms with E-state index in [0.717, 1.165) is 5.56 Å². The van der Waals surface area contributed by atoms with Crippen LogP contribution in [0.4, 0.5) is 0 Å². The summed E-state index contributed by atoms with van der Waals surface area (Å²) >= 11 is 12.4.